The number of esters is 1. The standard InChI is InChI=1S/C19H26N2O5S/c1-20-27(24,25)16-9-4-7-15(12-16)19(23)26-13-18(22)21-11-5-8-14-6-2-3-10-17(14)21/h4,7,9,12,14,17,20H,2-3,5-6,8,10-11,13H2,1H3/t14-,17+/m1/s1. The molecule has 0 spiro atoms. The minimum absolute atomic E-state index is 0.0214. The van der Waals surface area contributed by atoms with Gasteiger partial charge >= 0.3 is 5.97 Å². The van der Waals surface area contributed by atoms with Gasteiger partial charge < -0.3 is 9.64 Å². The van der Waals surface area contributed by atoms with Gasteiger partial charge in [0.25, 0.3) is 5.91 Å². The molecule has 1 saturated heterocycles. The summed E-state index contributed by atoms with van der Waals surface area (Å²) in [5.74, 6) is -0.303. The van der Waals surface area contributed by atoms with E-state index in [-0.39, 0.29) is 29.0 Å². The summed E-state index contributed by atoms with van der Waals surface area (Å²) in [6.45, 7) is 0.401. The van der Waals surface area contributed by atoms with Crippen molar-refractivity contribution in [2.45, 2.75) is 49.5 Å². The molecule has 1 aliphatic carbocycles. The molecule has 1 amide bonds. The minimum Gasteiger partial charge on any atom is -0.452 e. The van der Waals surface area contributed by atoms with Crippen LogP contribution < -0.4 is 4.72 Å². The van der Waals surface area contributed by atoms with Gasteiger partial charge in [0.1, 0.15) is 0 Å². The SMILES string of the molecule is CNS(=O)(=O)c1cccc(C(=O)OCC(=O)N2CCC[C@H]3CCCC[C@@H]32)c1. The molecule has 7 nitrogen and oxygen atoms in total. The monoisotopic (exact) mass is 394 g/mol. The van der Waals surface area contributed by atoms with Crippen molar-refractivity contribution in [2.24, 2.45) is 5.92 Å². The first-order chi connectivity index (χ1) is 12.9. The summed E-state index contributed by atoms with van der Waals surface area (Å²) in [6, 6.07) is 5.85. The van der Waals surface area contributed by atoms with Crippen molar-refractivity contribution in [3.63, 3.8) is 0 Å². The number of likely N-dealkylation sites (tertiary alicyclic amines) is 1. The van der Waals surface area contributed by atoms with Crippen LogP contribution in [0.2, 0.25) is 0 Å². The number of sulfonamides is 1. The molecular weight excluding hydrogens is 368 g/mol. The van der Waals surface area contributed by atoms with E-state index in [4.69, 9.17) is 4.74 Å². The number of amides is 1. The van der Waals surface area contributed by atoms with Gasteiger partial charge in [0.2, 0.25) is 10.0 Å². The van der Waals surface area contributed by atoms with Crippen molar-refractivity contribution in [1.82, 2.24) is 9.62 Å². The van der Waals surface area contributed by atoms with E-state index in [1.165, 1.54) is 50.6 Å². The molecule has 1 aliphatic heterocycles. The van der Waals surface area contributed by atoms with Crippen molar-refractivity contribution < 1.29 is 22.7 Å². The maximum atomic E-state index is 12.6. The Morgan fingerprint density at radius 1 is 1.19 bits per heavy atom. The summed E-state index contributed by atoms with van der Waals surface area (Å²) in [4.78, 5) is 26.7. The van der Waals surface area contributed by atoms with Gasteiger partial charge in [-0.1, -0.05) is 18.9 Å². The Kier molecular flexibility index (Phi) is 6.16. The molecule has 1 aromatic carbocycles. The lowest BCUT2D eigenvalue weighted by Crippen LogP contribution is -2.50. The Labute approximate surface area is 160 Å². The van der Waals surface area contributed by atoms with Gasteiger partial charge in [-0.05, 0) is 56.8 Å². The fraction of sp³-hybridized carbons (Fsp3) is 0.579. The topological polar surface area (TPSA) is 92.8 Å². The molecule has 8 heteroatoms. The number of nitrogens with one attached hydrogen (secondary N) is 1. The molecule has 1 aromatic rings. The van der Waals surface area contributed by atoms with E-state index in [1.807, 2.05) is 4.90 Å². The third kappa shape index (κ3) is 4.50. The van der Waals surface area contributed by atoms with Crippen LogP contribution in [-0.2, 0) is 19.6 Å². The van der Waals surface area contributed by atoms with Crippen LogP contribution in [-0.4, -0.2) is 51.4 Å². The summed E-state index contributed by atoms with van der Waals surface area (Å²) in [5, 5.41) is 0. The molecule has 3 rings (SSSR count). The van der Waals surface area contributed by atoms with E-state index in [9.17, 15) is 18.0 Å². The fourth-order valence-electron chi connectivity index (χ4n) is 4.14. The Bertz CT molecular complexity index is 806. The number of hydrogen-bond donors (Lipinski definition) is 1. The van der Waals surface area contributed by atoms with Gasteiger partial charge in [-0.15, -0.1) is 0 Å². The molecule has 1 heterocycles. The van der Waals surface area contributed by atoms with Gasteiger partial charge in [0.15, 0.2) is 6.61 Å². The third-order valence-electron chi connectivity index (χ3n) is 5.54. The van der Waals surface area contributed by atoms with Crippen LogP contribution >= 0.6 is 0 Å². The molecule has 1 saturated carbocycles. The molecule has 2 fully saturated rings. The predicted octanol–water partition coefficient (Wildman–Crippen LogP) is 1.93. The second-order valence-corrected chi connectivity index (χ2v) is 9.04. The van der Waals surface area contributed by atoms with E-state index in [0.29, 0.717) is 12.5 Å². The predicted molar refractivity (Wildman–Crippen MR) is 99.7 cm³/mol. The molecule has 0 bridgehead atoms. The first-order valence-corrected chi connectivity index (χ1v) is 10.9. The average molecular weight is 394 g/mol. The maximum absolute atomic E-state index is 12.6. The number of nitrogens with zero attached hydrogens (tertiary/aromatic N) is 1. The number of hydrogen-bond acceptors (Lipinski definition) is 5. The van der Waals surface area contributed by atoms with Crippen LogP contribution in [0.5, 0.6) is 0 Å². The summed E-state index contributed by atoms with van der Waals surface area (Å²) in [7, 11) is -2.35. The lowest BCUT2D eigenvalue weighted by Gasteiger charge is -2.44. The van der Waals surface area contributed by atoms with Crippen LogP contribution in [0, 0.1) is 5.92 Å². The normalized spacial score (nSPS) is 22.8. The Hall–Kier alpha value is -1.93. The first-order valence-electron chi connectivity index (χ1n) is 9.42. The zero-order valence-electron chi connectivity index (χ0n) is 15.5. The maximum Gasteiger partial charge on any atom is 0.338 e. The second kappa shape index (κ2) is 8.39. The quantitative estimate of drug-likeness (QED) is 0.771. The third-order valence-corrected chi connectivity index (χ3v) is 6.95. The smallest absolute Gasteiger partial charge is 0.338 e. The molecule has 1 N–H and O–H groups in total. The highest BCUT2D eigenvalue weighted by atomic mass is 32.2. The summed E-state index contributed by atoms with van der Waals surface area (Å²) < 4.78 is 31.1. The number of fused-ring (bicyclic) bond motifs is 1. The number of ether oxygens (including phenoxy) is 1. The molecule has 27 heavy (non-hydrogen) atoms. The zero-order valence-corrected chi connectivity index (χ0v) is 16.3. The van der Waals surface area contributed by atoms with Gasteiger partial charge in [-0.3, -0.25) is 4.79 Å². The molecule has 0 aromatic heterocycles. The highest BCUT2D eigenvalue weighted by molar-refractivity contribution is 7.89. The largest absolute Gasteiger partial charge is 0.452 e. The van der Waals surface area contributed by atoms with Gasteiger partial charge in [-0.25, -0.2) is 17.9 Å². The number of carbonyl (C=O) groups excluding carboxylic acids is 2. The number of rotatable bonds is 5. The van der Waals surface area contributed by atoms with Crippen molar-refractivity contribution in [3.8, 4) is 0 Å². The van der Waals surface area contributed by atoms with Crippen LogP contribution in [0.25, 0.3) is 0 Å². The average Bonchev–Trinajstić information content (AvgIpc) is 2.71. The number of carbonyl (C=O) groups is 2. The van der Waals surface area contributed by atoms with Crippen LogP contribution in [0.1, 0.15) is 48.9 Å². The van der Waals surface area contributed by atoms with Gasteiger partial charge in [0.05, 0.1) is 10.5 Å². The first kappa shape index (κ1) is 19.8. The highest BCUT2D eigenvalue weighted by Crippen LogP contribution is 2.35. The van der Waals surface area contributed by atoms with E-state index in [1.54, 1.807) is 0 Å². The molecule has 2 atom stereocenters. The summed E-state index contributed by atoms with van der Waals surface area (Å²) >= 11 is 0. The van der Waals surface area contributed by atoms with Crippen molar-refractivity contribution in [2.75, 3.05) is 20.2 Å². The van der Waals surface area contributed by atoms with E-state index in [0.717, 1.165) is 19.3 Å². The van der Waals surface area contributed by atoms with Crippen molar-refractivity contribution in [3.05, 3.63) is 29.8 Å². The molecular formula is C19H26N2O5S. The van der Waals surface area contributed by atoms with Crippen LogP contribution in [0.15, 0.2) is 29.2 Å². The summed E-state index contributed by atoms with van der Waals surface area (Å²) in [6.07, 6.45) is 6.71. The van der Waals surface area contributed by atoms with Crippen LogP contribution in [0.3, 0.4) is 0 Å². The Morgan fingerprint density at radius 2 is 1.93 bits per heavy atom. The lowest BCUT2D eigenvalue weighted by molar-refractivity contribution is -0.140. The van der Waals surface area contributed by atoms with Gasteiger partial charge in [0, 0.05) is 12.6 Å². The molecule has 0 unspecified atom stereocenters. The number of piperidine rings is 1. The highest BCUT2D eigenvalue weighted by Gasteiger charge is 2.35. The van der Waals surface area contributed by atoms with E-state index >= 15 is 0 Å². The van der Waals surface area contributed by atoms with Crippen molar-refractivity contribution >= 4 is 21.9 Å². The second-order valence-electron chi connectivity index (χ2n) is 7.15. The molecule has 2 aliphatic rings. The molecule has 0 radical (unpaired) electrons. The number of benzene rings is 1. The van der Waals surface area contributed by atoms with Crippen molar-refractivity contribution in [1.29, 1.82) is 0 Å². The molecule has 148 valence electrons. The van der Waals surface area contributed by atoms with E-state index < -0.39 is 16.0 Å². The van der Waals surface area contributed by atoms with E-state index in [2.05, 4.69) is 4.72 Å². The summed E-state index contributed by atoms with van der Waals surface area (Å²) in [5.41, 5.74) is 0.105. The zero-order chi connectivity index (χ0) is 19.4. The Morgan fingerprint density at radius 3 is 2.70 bits per heavy atom. The van der Waals surface area contributed by atoms with Crippen LogP contribution in [0.4, 0.5) is 0 Å². The minimum atomic E-state index is -3.65. The van der Waals surface area contributed by atoms with Gasteiger partial charge in [-0.2, -0.15) is 0 Å². The Balaban J connectivity index is 1.62. The fourth-order valence-corrected chi connectivity index (χ4v) is 4.91. The lowest BCUT2D eigenvalue weighted by atomic mass is 9.78.